The molecule has 0 radical (unpaired) electrons. The standard InChI is InChI=1S/C10H13ClO4/c11-7-5-6(1-2-8(7)13)10(15)9(14)3-4-12/h1-2,5,9-10,12-15H,3-4H2. The summed E-state index contributed by atoms with van der Waals surface area (Å²) >= 11 is 5.65. The van der Waals surface area contributed by atoms with Crippen molar-refractivity contribution in [2.45, 2.75) is 18.6 Å². The minimum absolute atomic E-state index is 0.0794. The topological polar surface area (TPSA) is 80.9 Å². The van der Waals surface area contributed by atoms with Gasteiger partial charge in [-0.1, -0.05) is 17.7 Å². The molecule has 2 atom stereocenters. The molecule has 5 heteroatoms. The van der Waals surface area contributed by atoms with Crippen LogP contribution in [0.15, 0.2) is 18.2 Å². The highest BCUT2D eigenvalue weighted by atomic mass is 35.5. The zero-order chi connectivity index (χ0) is 11.4. The van der Waals surface area contributed by atoms with Gasteiger partial charge in [-0.15, -0.1) is 0 Å². The van der Waals surface area contributed by atoms with E-state index in [1.165, 1.54) is 18.2 Å². The number of hydrogen-bond donors (Lipinski definition) is 4. The first-order valence-corrected chi connectivity index (χ1v) is 4.89. The second-order valence-corrected chi connectivity index (χ2v) is 3.64. The minimum atomic E-state index is -1.12. The number of halogens is 1. The second kappa shape index (κ2) is 5.32. The molecule has 0 aliphatic heterocycles. The van der Waals surface area contributed by atoms with Crippen LogP contribution in [0.25, 0.3) is 0 Å². The lowest BCUT2D eigenvalue weighted by Gasteiger charge is -2.17. The van der Waals surface area contributed by atoms with Crippen LogP contribution in [0.4, 0.5) is 0 Å². The van der Waals surface area contributed by atoms with Crippen LogP contribution >= 0.6 is 11.6 Å². The van der Waals surface area contributed by atoms with Crippen molar-refractivity contribution >= 4 is 11.6 Å². The van der Waals surface area contributed by atoms with Crippen LogP contribution in [-0.2, 0) is 0 Å². The van der Waals surface area contributed by atoms with Gasteiger partial charge in [-0.05, 0) is 24.1 Å². The van der Waals surface area contributed by atoms with Crippen molar-refractivity contribution in [3.8, 4) is 5.75 Å². The van der Waals surface area contributed by atoms with Crippen LogP contribution in [0.1, 0.15) is 18.1 Å². The van der Waals surface area contributed by atoms with Crippen LogP contribution in [0.5, 0.6) is 5.75 Å². The highest BCUT2D eigenvalue weighted by molar-refractivity contribution is 6.32. The van der Waals surface area contributed by atoms with Gasteiger partial charge in [0.05, 0.1) is 11.1 Å². The molecule has 2 unspecified atom stereocenters. The maximum Gasteiger partial charge on any atom is 0.134 e. The summed E-state index contributed by atoms with van der Waals surface area (Å²) in [4.78, 5) is 0. The van der Waals surface area contributed by atoms with E-state index >= 15 is 0 Å². The molecule has 0 aliphatic carbocycles. The Kier molecular flexibility index (Phi) is 4.35. The predicted octanol–water partition coefficient (Wildman–Crippen LogP) is 0.822. The lowest BCUT2D eigenvalue weighted by molar-refractivity contribution is 0.00420. The molecule has 0 saturated heterocycles. The molecule has 1 aromatic rings. The van der Waals surface area contributed by atoms with Crippen molar-refractivity contribution in [2.75, 3.05) is 6.61 Å². The molecule has 0 aromatic heterocycles. The Morgan fingerprint density at radius 1 is 1.27 bits per heavy atom. The Labute approximate surface area is 92.4 Å². The number of rotatable bonds is 4. The molecule has 1 rings (SSSR count). The molecule has 0 spiro atoms. The molecule has 84 valence electrons. The fourth-order valence-electron chi connectivity index (χ4n) is 1.22. The van der Waals surface area contributed by atoms with E-state index < -0.39 is 12.2 Å². The molecular weight excluding hydrogens is 220 g/mol. The largest absolute Gasteiger partial charge is 0.506 e. The van der Waals surface area contributed by atoms with Crippen LogP contribution in [0, 0.1) is 0 Å². The number of phenolic OH excluding ortho intramolecular Hbond substituents is 1. The second-order valence-electron chi connectivity index (χ2n) is 3.24. The van der Waals surface area contributed by atoms with Gasteiger partial charge in [0.2, 0.25) is 0 Å². The summed E-state index contributed by atoms with van der Waals surface area (Å²) in [5, 5.41) is 36.9. The van der Waals surface area contributed by atoms with E-state index in [2.05, 4.69) is 0 Å². The van der Waals surface area contributed by atoms with E-state index in [1.54, 1.807) is 0 Å². The summed E-state index contributed by atoms with van der Waals surface area (Å²) in [7, 11) is 0. The first kappa shape index (κ1) is 12.3. The van der Waals surface area contributed by atoms with Crippen molar-refractivity contribution < 1.29 is 20.4 Å². The monoisotopic (exact) mass is 232 g/mol. The van der Waals surface area contributed by atoms with Crippen molar-refractivity contribution in [1.82, 2.24) is 0 Å². The van der Waals surface area contributed by atoms with Gasteiger partial charge in [-0.2, -0.15) is 0 Å². The van der Waals surface area contributed by atoms with E-state index in [9.17, 15) is 10.2 Å². The van der Waals surface area contributed by atoms with Gasteiger partial charge in [0.25, 0.3) is 0 Å². The van der Waals surface area contributed by atoms with Gasteiger partial charge in [0.1, 0.15) is 11.9 Å². The average Bonchev–Trinajstić information content (AvgIpc) is 2.21. The molecule has 4 nitrogen and oxygen atoms in total. The van der Waals surface area contributed by atoms with Gasteiger partial charge >= 0.3 is 0 Å². The first-order chi connectivity index (χ1) is 7.06. The van der Waals surface area contributed by atoms with E-state index in [1.807, 2.05) is 0 Å². The van der Waals surface area contributed by atoms with Gasteiger partial charge in [0, 0.05) is 6.61 Å². The Bertz CT molecular complexity index is 329. The third kappa shape index (κ3) is 3.07. The number of aromatic hydroxyl groups is 1. The molecule has 4 N–H and O–H groups in total. The molecule has 1 aromatic carbocycles. The normalized spacial score (nSPS) is 14.9. The summed E-state index contributed by atoms with van der Waals surface area (Å²) in [6, 6.07) is 4.18. The highest BCUT2D eigenvalue weighted by Gasteiger charge is 2.18. The molecule has 15 heavy (non-hydrogen) atoms. The third-order valence-corrected chi connectivity index (χ3v) is 2.41. The number of aliphatic hydroxyl groups is 3. The fraction of sp³-hybridized carbons (Fsp3) is 0.400. The Morgan fingerprint density at radius 3 is 2.47 bits per heavy atom. The Morgan fingerprint density at radius 2 is 1.93 bits per heavy atom. The lowest BCUT2D eigenvalue weighted by atomic mass is 10.0. The summed E-state index contributed by atoms with van der Waals surface area (Å²) in [5.74, 6) is -0.0794. The molecule has 0 heterocycles. The zero-order valence-electron chi connectivity index (χ0n) is 7.97. The Hall–Kier alpha value is -0.810. The van der Waals surface area contributed by atoms with Gasteiger partial charge < -0.3 is 20.4 Å². The zero-order valence-corrected chi connectivity index (χ0v) is 8.72. The highest BCUT2D eigenvalue weighted by Crippen LogP contribution is 2.28. The molecule has 0 aliphatic rings. The van der Waals surface area contributed by atoms with Crippen molar-refractivity contribution in [1.29, 1.82) is 0 Å². The molecular formula is C10H13ClO4. The maximum atomic E-state index is 9.63. The predicted molar refractivity (Wildman–Crippen MR) is 55.8 cm³/mol. The van der Waals surface area contributed by atoms with Crippen LogP contribution in [0.3, 0.4) is 0 Å². The number of phenols is 1. The molecule has 0 amide bonds. The van der Waals surface area contributed by atoms with Crippen molar-refractivity contribution in [2.24, 2.45) is 0 Å². The van der Waals surface area contributed by atoms with Crippen LogP contribution < -0.4 is 0 Å². The minimum Gasteiger partial charge on any atom is -0.506 e. The SMILES string of the molecule is OCCC(O)C(O)c1ccc(O)c(Cl)c1. The van der Waals surface area contributed by atoms with Crippen molar-refractivity contribution in [3.05, 3.63) is 28.8 Å². The third-order valence-electron chi connectivity index (χ3n) is 2.10. The fourth-order valence-corrected chi connectivity index (χ4v) is 1.41. The van der Waals surface area contributed by atoms with Gasteiger partial charge in [0.15, 0.2) is 0 Å². The molecule has 0 bridgehead atoms. The smallest absolute Gasteiger partial charge is 0.134 e. The maximum absolute atomic E-state index is 9.63. The van der Waals surface area contributed by atoms with E-state index in [0.717, 1.165) is 0 Å². The number of benzene rings is 1. The summed E-state index contributed by atoms with van der Waals surface area (Å²) in [6.07, 6.45) is -2.08. The summed E-state index contributed by atoms with van der Waals surface area (Å²) < 4.78 is 0. The Balaban J connectivity index is 2.81. The van der Waals surface area contributed by atoms with E-state index in [4.69, 9.17) is 21.8 Å². The van der Waals surface area contributed by atoms with E-state index in [0.29, 0.717) is 5.56 Å². The number of hydrogen-bond acceptors (Lipinski definition) is 4. The van der Waals surface area contributed by atoms with Crippen LogP contribution in [-0.4, -0.2) is 33.1 Å². The van der Waals surface area contributed by atoms with Crippen LogP contribution in [0.2, 0.25) is 5.02 Å². The van der Waals surface area contributed by atoms with Gasteiger partial charge in [-0.3, -0.25) is 0 Å². The first-order valence-electron chi connectivity index (χ1n) is 4.51. The summed E-state index contributed by atoms with van der Waals surface area (Å²) in [5.41, 5.74) is 0.402. The molecule has 0 saturated carbocycles. The van der Waals surface area contributed by atoms with Gasteiger partial charge in [-0.25, -0.2) is 0 Å². The number of aliphatic hydroxyl groups excluding tert-OH is 3. The average molecular weight is 233 g/mol. The van der Waals surface area contributed by atoms with E-state index in [-0.39, 0.29) is 23.8 Å². The lowest BCUT2D eigenvalue weighted by Crippen LogP contribution is -2.19. The quantitative estimate of drug-likeness (QED) is 0.620. The summed E-state index contributed by atoms with van der Waals surface area (Å²) in [6.45, 7) is -0.204. The molecule has 0 fully saturated rings. The van der Waals surface area contributed by atoms with Crippen molar-refractivity contribution in [3.63, 3.8) is 0 Å².